The maximum Gasteiger partial charge on any atom is 0.0612 e. The minimum absolute atomic E-state index is 0.450. The molecule has 2 aliphatic rings. The fourth-order valence-corrected chi connectivity index (χ4v) is 4.07. The number of ether oxygens (including phenoxy) is 1. The summed E-state index contributed by atoms with van der Waals surface area (Å²) in [5, 5.41) is 0. The van der Waals surface area contributed by atoms with Crippen LogP contribution < -0.4 is 5.73 Å². The monoisotopic (exact) mass is 268 g/mol. The lowest BCUT2D eigenvalue weighted by Crippen LogP contribution is -2.50. The summed E-state index contributed by atoms with van der Waals surface area (Å²) in [6.07, 6.45) is 6.89. The number of hydrogen-bond donors (Lipinski definition) is 1. The maximum atomic E-state index is 5.97. The molecule has 112 valence electrons. The van der Waals surface area contributed by atoms with Crippen molar-refractivity contribution in [2.45, 2.75) is 71.1 Å². The molecule has 0 aromatic heterocycles. The van der Waals surface area contributed by atoms with Crippen LogP contribution >= 0.6 is 0 Å². The summed E-state index contributed by atoms with van der Waals surface area (Å²) in [6.45, 7) is 9.83. The van der Waals surface area contributed by atoms with Crippen molar-refractivity contribution < 1.29 is 4.74 Å². The Hall–Kier alpha value is -0.120. The van der Waals surface area contributed by atoms with Gasteiger partial charge in [0.2, 0.25) is 0 Å². The van der Waals surface area contributed by atoms with Gasteiger partial charge in [0.05, 0.1) is 6.10 Å². The fourth-order valence-electron chi connectivity index (χ4n) is 4.07. The molecule has 0 spiro atoms. The Balaban J connectivity index is 2.00. The highest BCUT2D eigenvalue weighted by molar-refractivity contribution is 4.91. The summed E-state index contributed by atoms with van der Waals surface area (Å²) in [5.41, 5.74) is 5.97. The van der Waals surface area contributed by atoms with Gasteiger partial charge in [0.15, 0.2) is 0 Å². The molecule has 3 heteroatoms. The lowest BCUT2D eigenvalue weighted by molar-refractivity contribution is -0.0580. The molecule has 0 aromatic carbocycles. The van der Waals surface area contributed by atoms with Crippen molar-refractivity contribution in [1.29, 1.82) is 0 Å². The van der Waals surface area contributed by atoms with Gasteiger partial charge < -0.3 is 10.5 Å². The molecule has 0 amide bonds. The Kier molecular flexibility index (Phi) is 5.67. The molecule has 0 bridgehead atoms. The topological polar surface area (TPSA) is 38.5 Å². The SMILES string of the molecule is CCN(C1CCOC(C(C)C)C1)C1CCCC1CN. The van der Waals surface area contributed by atoms with E-state index in [2.05, 4.69) is 25.7 Å². The van der Waals surface area contributed by atoms with Crippen LogP contribution in [0.1, 0.15) is 52.9 Å². The van der Waals surface area contributed by atoms with Crippen LogP contribution in [0, 0.1) is 11.8 Å². The van der Waals surface area contributed by atoms with Crippen LogP contribution in [0.25, 0.3) is 0 Å². The van der Waals surface area contributed by atoms with Crippen molar-refractivity contribution in [2.75, 3.05) is 19.7 Å². The van der Waals surface area contributed by atoms with Gasteiger partial charge >= 0.3 is 0 Å². The first-order valence-electron chi connectivity index (χ1n) is 8.24. The average Bonchev–Trinajstić information content (AvgIpc) is 2.88. The van der Waals surface area contributed by atoms with E-state index in [0.717, 1.165) is 31.7 Å². The Morgan fingerprint density at radius 1 is 1.26 bits per heavy atom. The summed E-state index contributed by atoms with van der Waals surface area (Å²) < 4.78 is 5.93. The number of rotatable bonds is 5. The molecule has 0 radical (unpaired) electrons. The van der Waals surface area contributed by atoms with Crippen LogP contribution in [0.15, 0.2) is 0 Å². The van der Waals surface area contributed by atoms with Gasteiger partial charge in [-0.3, -0.25) is 4.90 Å². The number of nitrogens with two attached hydrogens (primary N) is 1. The molecule has 1 saturated heterocycles. The van der Waals surface area contributed by atoms with Crippen LogP contribution in [-0.4, -0.2) is 42.8 Å². The van der Waals surface area contributed by atoms with Crippen LogP contribution in [0.3, 0.4) is 0 Å². The molecule has 3 nitrogen and oxygen atoms in total. The van der Waals surface area contributed by atoms with E-state index in [1.54, 1.807) is 0 Å². The summed E-state index contributed by atoms with van der Waals surface area (Å²) in [5.74, 6) is 1.36. The van der Waals surface area contributed by atoms with Gasteiger partial charge in [-0.25, -0.2) is 0 Å². The first-order valence-corrected chi connectivity index (χ1v) is 8.24. The first kappa shape index (κ1) is 15.3. The van der Waals surface area contributed by atoms with Gasteiger partial charge in [-0.05, 0) is 50.6 Å². The Bertz CT molecular complexity index is 269. The van der Waals surface area contributed by atoms with E-state index in [9.17, 15) is 0 Å². The average molecular weight is 268 g/mol. The second kappa shape index (κ2) is 7.05. The van der Waals surface area contributed by atoms with E-state index in [4.69, 9.17) is 10.5 Å². The molecule has 4 unspecified atom stereocenters. The van der Waals surface area contributed by atoms with Gasteiger partial charge in [0.25, 0.3) is 0 Å². The molecule has 1 aliphatic carbocycles. The Labute approximate surface area is 118 Å². The molecule has 2 fully saturated rings. The van der Waals surface area contributed by atoms with Crippen LogP contribution in [-0.2, 0) is 4.74 Å². The summed E-state index contributed by atoms with van der Waals surface area (Å²) in [7, 11) is 0. The van der Waals surface area contributed by atoms with E-state index in [-0.39, 0.29) is 0 Å². The minimum atomic E-state index is 0.450. The zero-order valence-corrected chi connectivity index (χ0v) is 13.0. The van der Waals surface area contributed by atoms with Gasteiger partial charge in [-0.2, -0.15) is 0 Å². The summed E-state index contributed by atoms with van der Waals surface area (Å²) >= 11 is 0. The standard InChI is InChI=1S/C16H32N2O/c1-4-18(15-7-5-6-13(15)11-17)14-8-9-19-16(10-14)12(2)3/h12-16H,4-11,17H2,1-3H3. The quantitative estimate of drug-likeness (QED) is 0.833. The fraction of sp³-hybridized carbons (Fsp3) is 1.00. The molecular weight excluding hydrogens is 236 g/mol. The lowest BCUT2D eigenvalue weighted by Gasteiger charge is -2.43. The van der Waals surface area contributed by atoms with Crippen LogP contribution in [0.4, 0.5) is 0 Å². The van der Waals surface area contributed by atoms with Gasteiger partial charge in [-0.1, -0.05) is 27.2 Å². The largest absolute Gasteiger partial charge is 0.378 e. The van der Waals surface area contributed by atoms with Crippen LogP contribution in [0.5, 0.6) is 0 Å². The lowest BCUT2D eigenvalue weighted by atomic mass is 9.91. The highest BCUT2D eigenvalue weighted by Gasteiger charge is 2.36. The molecule has 1 aliphatic heterocycles. The van der Waals surface area contributed by atoms with E-state index in [1.807, 2.05) is 0 Å². The zero-order valence-electron chi connectivity index (χ0n) is 13.0. The molecule has 1 saturated carbocycles. The third kappa shape index (κ3) is 3.50. The normalized spacial score (nSPS) is 36.3. The second-order valence-electron chi connectivity index (χ2n) is 6.66. The Morgan fingerprint density at radius 3 is 2.68 bits per heavy atom. The van der Waals surface area contributed by atoms with Crippen molar-refractivity contribution in [1.82, 2.24) is 4.90 Å². The highest BCUT2D eigenvalue weighted by atomic mass is 16.5. The smallest absolute Gasteiger partial charge is 0.0612 e. The van der Waals surface area contributed by atoms with Crippen molar-refractivity contribution in [2.24, 2.45) is 17.6 Å². The van der Waals surface area contributed by atoms with Crippen molar-refractivity contribution in [3.8, 4) is 0 Å². The van der Waals surface area contributed by atoms with E-state index in [0.29, 0.717) is 18.1 Å². The third-order valence-corrected chi connectivity index (χ3v) is 5.21. The number of hydrogen-bond acceptors (Lipinski definition) is 3. The zero-order chi connectivity index (χ0) is 13.8. The minimum Gasteiger partial charge on any atom is -0.378 e. The van der Waals surface area contributed by atoms with Crippen molar-refractivity contribution in [3.05, 3.63) is 0 Å². The number of nitrogens with zero attached hydrogens (tertiary/aromatic N) is 1. The molecule has 0 aromatic rings. The molecular formula is C16H32N2O. The molecule has 1 heterocycles. The van der Waals surface area contributed by atoms with Gasteiger partial charge in [0.1, 0.15) is 0 Å². The predicted octanol–water partition coefficient (Wildman–Crippen LogP) is 2.64. The van der Waals surface area contributed by atoms with E-state index >= 15 is 0 Å². The van der Waals surface area contributed by atoms with E-state index < -0.39 is 0 Å². The molecule has 4 atom stereocenters. The van der Waals surface area contributed by atoms with Gasteiger partial charge in [0, 0.05) is 18.7 Å². The van der Waals surface area contributed by atoms with Crippen molar-refractivity contribution >= 4 is 0 Å². The molecule has 19 heavy (non-hydrogen) atoms. The first-order chi connectivity index (χ1) is 9.17. The van der Waals surface area contributed by atoms with E-state index in [1.165, 1.54) is 32.1 Å². The van der Waals surface area contributed by atoms with Crippen molar-refractivity contribution in [3.63, 3.8) is 0 Å². The molecule has 2 N–H and O–H groups in total. The maximum absolute atomic E-state index is 5.97. The highest BCUT2D eigenvalue weighted by Crippen LogP contribution is 2.33. The predicted molar refractivity (Wildman–Crippen MR) is 80.2 cm³/mol. The molecule has 2 rings (SSSR count). The summed E-state index contributed by atoms with van der Waals surface area (Å²) in [4.78, 5) is 2.75. The Morgan fingerprint density at radius 2 is 2.05 bits per heavy atom. The van der Waals surface area contributed by atoms with Crippen LogP contribution in [0.2, 0.25) is 0 Å². The summed E-state index contributed by atoms with van der Waals surface area (Å²) in [6, 6.07) is 1.44. The third-order valence-electron chi connectivity index (χ3n) is 5.21. The van der Waals surface area contributed by atoms with Gasteiger partial charge in [-0.15, -0.1) is 0 Å². The second-order valence-corrected chi connectivity index (χ2v) is 6.66.